The highest BCUT2D eigenvalue weighted by Gasteiger charge is 2.16. The van der Waals surface area contributed by atoms with Gasteiger partial charge in [0, 0.05) is 29.3 Å². The fraction of sp³-hybridized carbons (Fsp3) is 0.179. The van der Waals surface area contributed by atoms with E-state index in [1.165, 1.54) is 0 Å². The molecule has 0 fully saturated rings. The summed E-state index contributed by atoms with van der Waals surface area (Å²) < 4.78 is 7.57. The smallest absolute Gasteiger partial charge is 0.316 e. The lowest BCUT2D eigenvalue weighted by atomic mass is 10.00. The maximum absolute atomic E-state index is 13.8. The first-order valence-corrected chi connectivity index (χ1v) is 11.3. The average Bonchev–Trinajstić information content (AvgIpc) is 2.88. The van der Waals surface area contributed by atoms with Crippen LogP contribution in [-0.2, 0) is 13.0 Å². The molecule has 0 N–H and O–H groups in total. The number of ether oxygens (including phenoxy) is 1. The number of aryl methyl sites for hydroxylation is 1. The molecule has 2 aromatic heterocycles. The minimum atomic E-state index is -0.0119. The number of nitrogens with zero attached hydrogens (tertiary/aromatic N) is 3. The molecule has 5 heteroatoms. The quantitative estimate of drug-likeness (QED) is 0.385. The van der Waals surface area contributed by atoms with Crippen molar-refractivity contribution in [2.75, 3.05) is 0 Å². The van der Waals surface area contributed by atoms with Crippen molar-refractivity contribution in [3.8, 4) is 17.1 Å². The van der Waals surface area contributed by atoms with Crippen LogP contribution >= 0.6 is 0 Å². The van der Waals surface area contributed by atoms with Crippen molar-refractivity contribution in [3.63, 3.8) is 0 Å². The molecule has 5 rings (SSSR count). The summed E-state index contributed by atoms with van der Waals surface area (Å²) >= 11 is 0. The molecule has 0 radical (unpaired) electrons. The molecule has 0 bridgehead atoms. The summed E-state index contributed by atoms with van der Waals surface area (Å²) in [6.07, 6.45) is 12.5. The number of benzene rings is 2. The van der Waals surface area contributed by atoms with E-state index >= 15 is 0 Å². The fourth-order valence-electron chi connectivity index (χ4n) is 4.22. The van der Waals surface area contributed by atoms with Gasteiger partial charge < -0.3 is 4.74 Å². The highest BCUT2D eigenvalue weighted by atomic mass is 16.5. The van der Waals surface area contributed by atoms with Crippen molar-refractivity contribution >= 4 is 16.5 Å². The van der Waals surface area contributed by atoms with Crippen LogP contribution in [0.4, 0.5) is 0 Å². The Morgan fingerprint density at radius 2 is 1.82 bits per heavy atom. The van der Waals surface area contributed by atoms with Gasteiger partial charge >= 0.3 is 6.01 Å². The zero-order valence-corrected chi connectivity index (χ0v) is 18.6. The number of aromatic nitrogens is 3. The molecule has 0 spiro atoms. The molecule has 0 amide bonds. The van der Waals surface area contributed by atoms with Crippen molar-refractivity contribution < 1.29 is 4.74 Å². The number of fused-ring (bicyclic) bond motifs is 1. The molecule has 33 heavy (non-hydrogen) atoms. The minimum absolute atomic E-state index is 0.0119. The number of hydrogen-bond donors (Lipinski definition) is 0. The Balaban J connectivity index is 1.54. The van der Waals surface area contributed by atoms with Crippen LogP contribution in [0.5, 0.6) is 6.01 Å². The maximum Gasteiger partial charge on any atom is 0.316 e. The van der Waals surface area contributed by atoms with Gasteiger partial charge in [-0.3, -0.25) is 9.36 Å². The van der Waals surface area contributed by atoms with E-state index in [4.69, 9.17) is 4.74 Å². The van der Waals surface area contributed by atoms with Crippen molar-refractivity contribution in [1.29, 1.82) is 0 Å². The highest BCUT2D eigenvalue weighted by molar-refractivity contribution is 5.96. The molecule has 164 valence electrons. The summed E-state index contributed by atoms with van der Waals surface area (Å²) in [6.45, 7) is 2.48. The van der Waals surface area contributed by atoms with Gasteiger partial charge in [-0.1, -0.05) is 67.6 Å². The molecular formula is C28H25N3O2. The summed E-state index contributed by atoms with van der Waals surface area (Å²) in [7, 11) is 0. The molecule has 1 aliphatic rings. The van der Waals surface area contributed by atoms with Crippen LogP contribution in [0.1, 0.15) is 31.0 Å². The van der Waals surface area contributed by atoms with Crippen LogP contribution in [-0.4, -0.2) is 14.5 Å². The second-order valence-electron chi connectivity index (χ2n) is 8.04. The van der Waals surface area contributed by atoms with Gasteiger partial charge in [0.1, 0.15) is 6.61 Å². The van der Waals surface area contributed by atoms with Crippen LogP contribution in [0, 0.1) is 0 Å². The zero-order valence-electron chi connectivity index (χ0n) is 18.6. The standard InChI is InChI=1S/C28H25N3O2/c1-2-23-16-21-12-9-15-25(26(21)27(32)31(23)24-13-7-4-8-14-24)22-17-29-28(30-18-22)33-19-20-10-5-3-6-11-20/h3,5-7,9-18H,2,4,8,19H2,1H3. The summed E-state index contributed by atoms with van der Waals surface area (Å²) in [5.41, 5.74) is 4.60. The Bertz CT molecular complexity index is 1400. The molecular weight excluding hydrogens is 410 g/mol. The largest absolute Gasteiger partial charge is 0.459 e. The Kier molecular flexibility index (Phi) is 5.85. The van der Waals surface area contributed by atoms with Gasteiger partial charge in [-0.25, -0.2) is 9.97 Å². The van der Waals surface area contributed by atoms with Crippen molar-refractivity contribution in [1.82, 2.24) is 14.5 Å². The van der Waals surface area contributed by atoms with Crippen LogP contribution < -0.4 is 10.3 Å². The van der Waals surface area contributed by atoms with Crippen LogP contribution in [0.25, 0.3) is 27.6 Å². The predicted octanol–water partition coefficient (Wildman–Crippen LogP) is 5.79. The third kappa shape index (κ3) is 4.22. The maximum atomic E-state index is 13.8. The second kappa shape index (κ2) is 9.25. The van der Waals surface area contributed by atoms with Gasteiger partial charge in [-0.05, 0) is 47.9 Å². The first-order chi connectivity index (χ1) is 16.2. The lowest BCUT2D eigenvalue weighted by Crippen LogP contribution is -2.23. The summed E-state index contributed by atoms with van der Waals surface area (Å²) in [4.78, 5) is 22.5. The Labute approximate surface area is 192 Å². The van der Waals surface area contributed by atoms with Gasteiger partial charge in [0.2, 0.25) is 0 Å². The fourth-order valence-corrected chi connectivity index (χ4v) is 4.22. The zero-order chi connectivity index (χ0) is 22.6. The number of allylic oxidation sites excluding steroid dienone is 4. The number of rotatable bonds is 6. The average molecular weight is 436 g/mol. The molecule has 0 saturated heterocycles. The Morgan fingerprint density at radius 1 is 1.00 bits per heavy atom. The highest BCUT2D eigenvalue weighted by Crippen LogP contribution is 2.28. The first kappa shape index (κ1) is 20.9. The van der Waals surface area contributed by atoms with E-state index in [1.54, 1.807) is 12.4 Å². The molecule has 0 aliphatic heterocycles. The summed E-state index contributed by atoms with van der Waals surface area (Å²) in [5, 5.41) is 1.60. The lowest BCUT2D eigenvalue weighted by molar-refractivity contribution is 0.281. The normalized spacial score (nSPS) is 13.2. The van der Waals surface area contributed by atoms with Crippen LogP contribution in [0.2, 0.25) is 0 Å². The van der Waals surface area contributed by atoms with Gasteiger partial charge in [0.05, 0.1) is 5.39 Å². The van der Waals surface area contributed by atoms with Gasteiger partial charge in [-0.15, -0.1) is 0 Å². The van der Waals surface area contributed by atoms with E-state index in [2.05, 4.69) is 35.1 Å². The first-order valence-electron chi connectivity index (χ1n) is 11.3. The summed E-state index contributed by atoms with van der Waals surface area (Å²) in [6, 6.07) is 18.2. The van der Waals surface area contributed by atoms with E-state index in [-0.39, 0.29) is 5.56 Å². The molecule has 0 unspecified atom stereocenters. The topological polar surface area (TPSA) is 57.0 Å². The molecule has 0 saturated carbocycles. The van der Waals surface area contributed by atoms with Gasteiger partial charge in [-0.2, -0.15) is 0 Å². The molecule has 2 heterocycles. The predicted molar refractivity (Wildman–Crippen MR) is 132 cm³/mol. The molecule has 4 aromatic rings. The van der Waals surface area contributed by atoms with Crippen molar-refractivity contribution in [2.45, 2.75) is 32.8 Å². The monoisotopic (exact) mass is 435 g/mol. The van der Waals surface area contributed by atoms with E-state index in [0.717, 1.165) is 52.7 Å². The number of hydrogen-bond acceptors (Lipinski definition) is 4. The molecule has 5 nitrogen and oxygen atoms in total. The van der Waals surface area contributed by atoms with Crippen LogP contribution in [0.3, 0.4) is 0 Å². The lowest BCUT2D eigenvalue weighted by Gasteiger charge is -2.17. The molecule has 0 atom stereocenters. The van der Waals surface area contributed by atoms with E-state index < -0.39 is 0 Å². The van der Waals surface area contributed by atoms with E-state index in [0.29, 0.717) is 18.0 Å². The van der Waals surface area contributed by atoms with Gasteiger partial charge in [0.15, 0.2) is 0 Å². The number of pyridine rings is 1. The minimum Gasteiger partial charge on any atom is -0.459 e. The van der Waals surface area contributed by atoms with E-state index in [1.807, 2.05) is 59.2 Å². The van der Waals surface area contributed by atoms with Gasteiger partial charge in [0.25, 0.3) is 5.56 Å². The van der Waals surface area contributed by atoms with Crippen molar-refractivity contribution in [2.24, 2.45) is 0 Å². The molecule has 1 aliphatic carbocycles. The third-order valence-electron chi connectivity index (χ3n) is 5.87. The van der Waals surface area contributed by atoms with Crippen LogP contribution in [0.15, 0.2) is 90.0 Å². The van der Waals surface area contributed by atoms with E-state index in [9.17, 15) is 4.79 Å². The Hall–Kier alpha value is -3.99. The third-order valence-corrected chi connectivity index (χ3v) is 5.87. The SMILES string of the molecule is CCc1cc2cccc(-c3cnc(OCc4ccccc4)nc3)c2c(=O)n1C1=CCCC=C1. The van der Waals surface area contributed by atoms with Crippen molar-refractivity contribution in [3.05, 3.63) is 107 Å². The Morgan fingerprint density at radius 3 is 2.55 bits per heavy atom. The summed E-state index contributed by atoms with van der Waals surface area (Å²) in [5.74, 6) is 0. The second-order valence-corrected chi connectivity index (χ2v) is 8.04. The molecule has 2 aromatic carbocycles.